The summed E-state index contributed by atoms with van der Waals surface area (Å²) in [4.78, 5) is 11.1. The molecule has 0 saturated carbocycles. The number of hydrogen-bond acceptors (Lipinski definition) is 5. The van der Waals surface area contributed by atoms with Gasteiger partial charge in [-0.05, 0) is 12.1 Å². The van der Waals surface area contributed by atoms with Gasteiger partial charge in [0, 0.05) is 12.1 Å². The van der Waals surface area contributed by atoms with Crippen LogP contribution in [0.4, 0.5) is 4.39 Å². The van der Waals surface area contributed by atoms with E-state index in [1.54, 1.807) is 0 Å². The number of aliphatic hydroxyl groups excluding tert-OH is 2. The van der Waals surface area contributed by atoms with Crippen LogP contribution in [0.5, 0.6) is 0 Å². The third-order valence-corrected chi connectivity index (χ3v) is 2.35. The largest absolute Gasteiger partial charge is 0.465 e. The second-order valence-electron chi connectivity index (χ2n) is 3.48. The highest BCUT2D eigenvalue weighted by Gasteiger charge is 2.21. The number of esters is 1. The van der Waals surface area contributed by atoms with Gasteiger partial charge in [0.2, 0.25) is 0 Å². The molecule has 1 aromatic rings. The fraction of sp³-hybridized carbons (Fsp3) is 0.364. The number of carbonyl (C=O) groups is 1. The zero-order valence-corrected chi connectivity index (χ0v) is 9.26. The fourth-order valence-corrected chi connectivity index (χ4v) is 1.35. The van der Waals surface area contributed by atoms with Crippen LogP contribution in [0.15, 0.2) is 18.2 Å². The Balaban J connectivity index is 3.01. The van der Waals surface area contributed by atoms with Gasteiger partial charge >= 0.3 is 5.97 Å². The molecule has 6 heteroatoms. The molecule has 0 aliphatic carbocycles. The van der Waals surface area contributed by atoms with Gasteiger partial charge in [0.05, 0.1) is 18.8 Å². The van der Waals surface area contributed by atoms with Crippen LogP contribution in [0, 0.1) is 5.82 Å². The number of ether oxygens (including phenoxy) is 1. The second kappa shape index (κ2) is 5.72. The molecule has 0 spiro atoms. The monoisotopic (exact) mass is 243 g/mol. The molecule has 2 atom stereocenters. The molecule has 4 N–H and O–H groups in total. The Hall–Kier alpha value is -1.50. The molecule has 1 rings (SSSR count). The number of aliphatic hydroxyl groups is 2. The Bertz CT molecular complexity index is 410. The Morgan fingerprint density at radius 2 is 2.18 bits per heavy atom. The third kappa shape index (κ3) is 3.00. The predicted molar refractivity (Wildman–Crippen MR) is 57.8 cm³/mol. The summed E-state index contributed by atoms with van der Waals surface area (Å²) in [5.74, 6) is -1.47. The van der Waals surface area contributed by atoms with Crippen molar-refractivity contribution in [1.29, 1.82) is 0 Å². The summed E-state index contributed by atoms with van der Waals surface area (Å²) >= 11 is 0. The fourth-order valence-electron chi connectivity index (χ4n) is 1.35. The molecule has 0 aromatic heterocycles. The van der Waals surface area contributed by atoms with Gasteiger partial charge in [-0.2, -0.15) is 0 Å². The molecule has 17 heavy (non-hydrogen) atoms. The van der Waals surface area contributed by atoms with Crippen molar-refractivity contribution >= 4 is 5.97 Å². The summed E-state index contributed by atoms with van der Waals surface area (Å²) in [6, 6.07) is 3.45. The van der Waals surface area contributed by atoms with Crippen molar-refractivity contribution in [1.82, 2.24) is 0 Å². The van der Waals surface area contributed by atoms with Crippen molar-refractivity contribution in [3.8, 4) is 0 Å². The maximum absolute atomic E-state index is 13.6. The molecule has 2 unspecified atom stereocenters. The molecule has 5 nitrogen and oxygen atoms in total. The Kier molecular flexibility index (Phi) is 4.56. The van der Waals surface area contributed by atoms with E-state index in [1.165, 1.54) is 19.2 Å². The van der Waals surface area contributed by atoms with Crippen molar-refractivity contribution in [2.24, 2.45) is 5.73 Å². The molecule has 0 heterocycles. The first-order valence-electron chi connectivity index (χ1n) is 4.95. The van der Waals surface area contributed by atoms with Crippen molar-refractivity contribution in [2.75, 3.05) is 13.7 Å². The highest BCUT2D eigenvalue weighted by Crippen LogP contribution is 2.21. The number of hydrogen-bond donors (Lipinski definition) is 3. The van der Waals surface area contributed by atoms with Crippen LogP contribution < -0.4 is 5.73 Å². The molecule has 94 valence electrons. The van der Waals surface area contributed by atoms with Crippen LogP contribution in [-0.2, 0) is 4.74 Å². The number of halogens is 1. The quantitative estimate of drug-likeness (QED) is 0.645. The SMILES string of the molecule is COC(=O)c1ccc(C(O)C(O)CN)c(F)c1. The summed E-state index contributed by atoms with van der Waals surface area (Å²) in [6.07, 6.45) is -2.68. The van der Waals surface area contributed by atoms with E-state index in [0.29, 0.717) is 0 Å². The van der Waals surface area contributed by atoms with Gasteiger partial charge in [-0.3, -0.25) is 0 Å². The van der Waals surface area contributed by atoms with Gasteiger partial charge in [-0.15, -0.1) is 0 Å². The normalized spacial score (nSPS) is 14.2. The summed E-state index contributed by atoms with van der Waals surface area (Å²) in [6.45, 7) is -0.195. The first kappa shape index (κ1) is 13.6. The summed E-state index contributed by atoms with van der Waals surface area (Å²) in [7, 11) is 1.18. The average molecular weight is 243 g/mol. The third-order valence-electron chi connectivity index (χ3n) is 2.35. The van der Waals surface area contributed by atoms with E-state index >= 15 is 0 Å². The second-order valence-corrected chi connectivity index (χ2v) is 3.48. The summed E-state index contributed by atoms with van der Waals surface area (Å²) in [5, 5.41) is 18.9. The van der Waals surface area contributed by atoms with Crippen LogP contribution in [0.25, 0.3) is 0 Å². The molecule has 1 aromatic carbocycles. The first-order chi connectivity index (χ1) is 8.01. The van der Waals surface area contributed by atoms with Crippen molar-refractivity contribution in [2.45, 2.75) is 12.2 Å². The molecule has 0 radical (unpaired) electrons. The summed E-state index contributed by atoms with van der Waals surface area (Å²) < 4.78 is 18.0. The van der Waals surface area contributed by atoms with E-state index in [-0.39, 0.29) is 17.7 Å². The van der Waals surface area contributed by atoms with Gasteiger partial charge in [0.1, 0.15) is 11.9 Å². The first-order valence-corrected chi connectivity index (χ1v) is 4.95. The molecule has 0 aliphatic rings. The summed E-state index contributed by atoms with van der Waals surface area (Å²) in [5.41, 5.74) is 5.07. The lowest BCUT2D eigenvalue weighted by atomic mass is 10.0. The molecular weight excluding hydrogens is 229 g/mol. The van der Waals surface area contributed by atoms with Gasteiger partial charge in [0.15, 0.2) is 0 Å². The highest BCUT2D eigenvalue weighted by atomic mass is 19.1. The van der Waals surface area contributed by atoms with Crippen LogP contribution >= 0.6 is 0 Å². The van der Waals surface area contributed by atoms with Gasteiger partial charge in [0.25, 0.3) is 0 Å². The number of rotatable bonds is 4. The van der Waals surface area contributed by atoms with E-state index in [9.17, 15) is 19.4 Å². The van der Waals surface area contributed by atoms with Crippen molar-refractivity contribution in [3.05, 3.63) is 35.1 Å². The lowest BCUT2D eigenvalue weighted by Crippen LogP contribution is -2.27. The van der Waals surface area contributed by atoms with E-state index in [0.717, 1.165) is 6.07 Å². The van der Waals surface area contributed by atoms with E-state index in [1.807, 2.05) is 0 Å². The van der Waals surface area contributed by atoms with E-state index in [4.69, 9.17) is 5.73 Å². The lowest BCUT2D eigenvalue weighted by Gasteiger charge is -2.17. The average Bonchev–Trinajstić information content (AvgIpc) is 2.35. The number of carbonyl (C=O) groups excluding carboxylic acids is 1. The molecule has 0 aliphatic heterocycles. The van der Waals surface area contributed by atoms with Gasteiger partial charge in [-0.1, -0.05) is 6.07 Å². The van der Waals surface area contributed by atoms with E-state index < -0.39 is 24.0 Å². The van der Waals surface area contributed by atoms with Crippen molar-refractivity contribution in [3.63, 3.8) is 0 Å². The van der Waals surface area contributed by atoms with Crippen LogP contribution in [0.2, 0.25) is 0 Å². The Morgan fingerprint density at radius 1 is 1.53 bits per heavy atom. The molecular formula is C11H14FNO4. The Morgan fingerprint density at radius 3 is 2.65 bits per heavy atom. The van der Waals surface area contributed by atoms with Gasteiger partial charge in [-0.25, -0.2) is 9.18 Å². The van der Waals surface area contributed by atoms with Crippen molar-refractivity contribution < 1.29 is 24.1 Å². The molecule has 0 bridgehead atoms. The maximum Gasteiger partial charge on any atom is 0.337 e. The molecule has 0 saturated heterocycles. The minimum atomic E-state index is -1.42. The molecule has 0 amide bonds. The zero-order chi connectivity index (χ0) is 13.0. The number of benzene rings is 1. The predicted octanol–water partition coefficient (Wildman–Crippen LogP) is -0.0347. The zero-order valence-electron chi connectivity index (χ0n) is 9.26. The maximum atomic E-state index is 13.6. The lowest BCUT2D eigenvalue weighted by molar-refractivity contribution is 0.0221. The van der Waals surface area contributed by atoms with E-state index in [2.05, 4.69) is 4.74 Å². The van der Waals surface area contributed by atoms with Crippen LogP contribution in [-0.4, -0.2) is 35.9 Å². The Labute approximate surface area is 97.6 Å². The van der Waals surface area contributed by atoms with Gasteiger partial charge < -0.3 is 20.7 Å². The van der Waals surface area contributed by atoms with Crippen LogP contribution in [0.1, 0.15) is 22.0 Å². The number of nitrogens with two attached hydrogens (primary N) is 1. The highest BCUT2D eigenvalue weighted by molar-refractivity contribution is 5.89. The standard InChI is InChI=1S/C11H14FNO4/c1-17-11(16)6-2-3-7(8(12)4-6)10(15)9(14)5-13/h2-4,9-10,14-15H,5,13H2,1H3. The molecule has 0 fully saturated rings. The minimum absolute atomic E-state index is 0.0307. The smallest absolute Gasteiger partial charge is 0.337 e. The van der Waals surface area contributed by atoms with Crippen LogP contribution in [0.3, 0.4) is 0 Å². The minimum Gasteiger partial charge on any atom is -0.465 e. The topological polar surface area (TPSA) is 92.8 Å². The number of methoxy groups -OCH3 is 1.